The number of rotatable bonds is 4. The fourth-order valence-electron chi connectivity index (χ4n) is 1.31. The fourth-order valence-corrected chi connectivity index (χ4v) is 1.64. The van der Waals surface area contributed by atoms with Crippen molar-refractivity contribution in [3.63, 3.8) is 0 Å². The number of aromatic nitrogens is 2. The SMILES string of the molecule is Nc1ncc(Br)c(NCCC2CC2)n1. The lowest BCUT2D eigenvalue weighted by molar-refractivity contribution is 0.758. The van der Waals surface area contributed by atoms with Gasteiger partial charge in [-0.05, 0) is 28.3 Å². The normalized spacial score (nSPS) is 15.5. The lowest BCUT2D eigenvalue weighted by Crippen LogP contribution is -2.06. The molecule has 0 atom stereocenters. The van der Waals surface area contributed by atoms with Gasteiger partial charge in [-0.2, -0.15) is 4.98 Å². The Kier molecular flexibility index (Phi) is 2.86. The highest BCUT2D eigenvalue weighted by Gasteiger charge is 2.20. The van der Waals surface area contributed by atoms with Crippen LogP contribution in [0.3, 0.4) is 0 Å². The Balaban J connectivity index is 1.89. The van der Waals surface area contributed by atoms with E-state index < -0.39 is 0 Å². The van der Waals surface area contributed by atoms with Crippen LogP contribution in [0.2, 0.25) is 0 Å². The second kappa shape index (κ2) is 4.13. The summed E-state index contributed by atoms with van der Waals surface area (Å²) >= 11 is 3.37. The van der Waals surface area contributed by atoms with Crippen LogP contribution in [0, 0.1) is 5.92 Å². The van der Waals surface area contributed by atoms with Crippen molar-refractivity contribution in [1.29, 1.82) is 0 Å². The Morgan fingerprint density at radius 1 is 1.57 bits per heavy atom. The maximum atomic E-state index is 5.49. The first-order chi connectivity index (χ1) is 6.75. The molecule has 0 aliphatic heterocycles. The lowest BCUT2D eigenvalue weighted by atomic mass is 10.3. The van der Waals surface area contributed by atoms with Crippen molar-refractivity contribution in [2.45, 2.75) is 19.3 Å². The molecule has 2 rings (SSSR count). The van der Waals surface area contributed by atoms with E-state index in [1.165, 1.54) is 19.3 Å². The molecule has 0 radical (unpaired) electrons. The molecule has 5 heteroatoms. The Morgan fingerprint density at radius 2 is 2.36 bits per heavy atom. The number of halogens is 1. The first-order valence-corrected chi connectivity index (χ1v) is 5.57. The van der Waals surface area contributed by atoms with E-state index in [0.29, 0.717) is 5.95 Å². The van der Waals surface area contributed by atoms with Gasteiger partial charge in [0.15, 0.2) is 0 Å². The first-order valence-electron chi connectivity index (χ1n) is 4.77. The molecule has 1 saturated carbocycles. The van der Waals surface area contributed by atoms with Crippen LogP contribution < -0.4 is 11.1 Å². The molecular formula is C9H13BrN4. The van der Waals surface area contributed by atoms with E-state index in [1.807, 2.05) is 0 Å². The van der Waals surface area contributed by atoms with E-state index in [1.54, 1.807) is 6.20 Å². The number of hydrogen-bond acceptors (Lipinski definition) is 4. The number of hydrogen-bond donors (Lipinski definition) is 2. The van der Waals surface area contributed by atoms with Crippen LogP contribution in [-0.4, -0.2) is 16.5 Å². The summed E-state index contributed by atoms with van der Waals surface area (Å²) in [5.74, 6) is 2.03. The average Bonchev–Trinajstić information content (AvgIpc) is 2.95. The molecule has 1 heterocycles. The van der Waals surface area contributed by atoms with Crippen LogP contribution in [0.25, 0.3) is 0 Å². The molecule has 3 N–H and O–H groups in total. The molecule has 1 aromatic rings. The summed E-state index contributed by atoms with van der Waals surface area (Å²) < 4.78 is 0.863. The highest BCUT2D eigenvalue weighted by atomic mass is 79.9. The van der Waals surface area contributed by atoms with E-state index >= 15 is 0 Å². The average molecular weight is 257 g/mol. The van der Waals surface area contributed by atoms with Crippen molar-refractivity contribution in [2.75, 3.05) is 17.6 Å². The van der Waals surface area contributed by atoms with Crippen molar-refractivity contribution in [2.24, 2.45) is 5.92 Å². The predicted molar refractivity (Wildman–Crippen MR) is 60.0 cm³/mol. The molecule has 0 bridgehead atoms. The molecule has 1 aromatic heterocycles. The summed E-state index contributed by atoms with van der Waals surface area (Å²) in [7, 11) is 0. The first kappa shape index (κ1) is 9.71. The molecule has 0 amide bonds. The largest absolute Gasteiger partial charge is 0.369 e. The zero-order chi connectivity index (χ0) is 9.97. The van der Waals surface area contributed by atoms with Crippen LogP contribution in [0.1, 0.15) is 19.3 Å². The Morgan fingerprint density at radius 3 is 3.07 bits per heavy atom. The molecule has 14 heavy (non-hydrogen) atoms. The molecule has 0 unspecified atom stereocenters. The highest BCUT2D eigenvalue weighted by molar-refractivity contribution is 9.10. The van der Waals surface area contributed by atoms with Gasteiger partial charge < -0.3 is 11.1 Å². The summed E-state index contributed by atoms with van der Waals surface area (Å²) in [6.45, 7) is 0.958. The maximum absolute atomic E-state index is 5.49. The van der Waals surface area contributed by atoms with Crippen molar-refractivity contribution >= 4 is 27.7 Å². The third-order valence-corrected chi connectivity index (χ3v) is 2.89. The van der Waals surface area contributed by atoms with E-state index in [-0.39, 0.29) is 0 Å². The second-order valence-corrected chi connectivity index (χ2v) is 4.44. The van der Waals surface area contributed by atoms with Crippen LogP contribution >= 0.6 is 15.9 Å². The topological polar surface area (TPSA) is 63.8 Å². The van der Waals surface area contributed by atoms with Gasteiger partial charge in [-0.25, -0.2) is 4.98 Å². The zero-order valence-corrected chi connectivity index (χ0v) is 9.42. The minimum atomic E-state index is 0.308. The minimum Gasteiger partial charge on any atom is -0.369 e. The molecule has 0 aromatic carbocycles. The minimum absolute atomic E-state index is 0.308. The third-order valence-electron chi connectivity index (χ3n) is 2.30. The summed E-state index contributed by atoms with van der Waals surface area (Å²) in [5.41, 5.74) is 5.49. The van der Waals surface area contributed by atoms with Gasteiger partial charge in [0.25, 0.3) is 0 Å². The predicted octanol–water partition coefficient (Wildman–Crippen LogP) is 2.03. The summed E-state index contributed by atoms with van der Waals surface area (Å²) in [4.78, 5) is 7.97. The van der Waals surface area contributed by atoms with E-state index in [2.05, 4.69) is 31.2 Å². The molecule has 0 spiro atoms. The van der Waals surface area contributed by atoms with Gasteiger partial charge in [0.05, 0.1) is 4.47 Å². The van der Waals surface area contributed by atoms with Gasteiger partial charge in [0.2, 0.25) is 5.95 Å². The molecule has 1 aliphatic carbocycles. The van der Waals surface area contributed by atoms with Gasteiger partial charge >= 0.3 is 0 Å². The Labute approximate surface area is 91.4 Å². The fraction of sp³-hybridized carbons (Fsp3) is 0.556. The van der Waals surface area contributed by atoms with Gasteiger partial charge in [-0.1, -0.05) is 12.8 Å². The molecular weight excluding hydrogens is 244 g/mol. The summed E-state index contributed by atoms with van der Waals surface area (Å²) in [6, 6.07) is 0. The number of anilines is 2. The van der Waals surface area contributed by atoms with Gasteiger partial charge in [-0.15, -0.1) is 0 Å². The molecule has 0 saturated heterocycles. The van der Waals surface area contributed by atoms with E-state index in [9.17, 15) is 0 Å². The van der Waals surface area contributed by atoms with E-state index in [4.69, 9.17) is 5.73 Å². The quantitative estimate of drug-likeness (QED) is 0.866. The molecule has 1 fully saturated rings. The van der Waals surface area contributed by atoms with Crippen LogP contribution in [-0.2, 0) is 0 Å². The summed E-state index contributed by atoms with van der Waals surface area (Å²) in [6.07, 6.45) is 5.65. The van der Waals surface area contributed by atoms with Crippen molar-refractivity contribution in [3.05, 3.63) is 10.7 Å². The number of nitrogens with zero attached hydrogens (tertiary/aromatic N) is 2. The third kappa shape index (κ3) is 2.57. The number of nitrogens with two attached hydrogens (primary N) is 1. The van der Waals surface area contributed by atoms with E-state index in [0.717, 1.165) is 22.8 Å². The summed E-state index contributed by atoms with van der Waals surface area (Å²) in [5, 5.41) is 3.25. The smallest absolute Gasteiger partial charge is 0.221 e. The monoisotopic (exact) mass is 256 g/mol. The standard InChI is InChI=1S/C9H13BrN4/c10-7-5-13-9(11)14-8(7)12-4-3-6-1-2-6/h5-6H,1-4H2,(H3,11,12,13,14). The molecule has 4 nitrogen and oxygen atoms in total. The van der Waals surface area contributed by atoms with Gasteiger partial charge in [-0.3, -0.25) is 0 Å². The van der Waals surface area contributed by atoms with Crippen LogP contribution in [0.4, 0.5) is 11.8 Å². The molecule has 1 aliphatic rings. The van der Waals surface area contributed by atoms with Gasteiger partial charge in [0.1, 0.15) is 5.82 Å². The van der Waals surface area contributed by atoms with Crippen LogP contribution in [0.15, 0.2) is 10.7 Å². The van der Waals surface area contributed by atoms with Crippen LogP contribution in [0.5, 0.6) is 0 Å². The second-order valence-electron chi connectivity index (χ2n) is 3.58. The molecule has 76 valence electrons. The zero-order valence-electron chi connectivity index (χ0n) is 7.83. The maximum Gasteiger partial charge on any atom is 0.221 e. The highest BCUT2D eigenvalue weighted by Crippen LogP contribution is 2.32. The number of nitrogen functional groups attached to an aromatic ring is 1. The van der Waals surface area contributed by atoms with Crippen molar-refractivity contribution in [3.8, 4) is 0 Å². The van der Waals surface area contributed by atoms with Crippen molar-refractivity contribution in [1.82, 2.24) is 9.97 Å². The number of nitrogens with one attached hydrogen (secondary N) is 1. The Bertz CT molecular complexity index is 325. The van der Waals surface area contributed by atoms with Crippen molar-refractivity contribution < 1.29 is 0 Å². The van der Waals surface area contributed by atoms with Gasteiger partial charge in [0, 0.05) is 12.7 Å². The Hall–Kier alpha value is -0.840. The lowest BCUT2D eigenvalue weighted by Gasteiger charge is -2.06.